The highest BCUT2D eigenvalue weighted by molar-refractivity contribution is 7.99. The number of thioether (sulfide) groups is 1. The maximum Gasteiger partial charge on any atom is 0.343 e. The Kier molecular flexibility index (Phi) is 4.32. The van der Waals surface area contributed by atoms with Gasteiger partial charge in [-0.15, -0.1) is 5.10 Å². The number of nitriles is 1. The largest absolute Gasteiger partial charge is 0.343 e. The lowest BCUT2D eigenvalue weighted by Gasteiger charge is -2.22. The van der Waals surface area contributed by atoms with E-state index in [0.717, 1.165) is 19.3 Å². The van der Waals surface area contributed by atoms with E-state index in [2.05, 4.69) is 21.6 Å². The first-order valence-electron chi connectivity index (χ1n) is 6.55. The monoisotopic (exact) mass is 281 g/mol. The smallest absolute Gasteiger partial charge is 0.296 e. The molecule has 0 aliphatic heterocycles. The quantitative estimate of drug-likeness (QED) is 0.731. The van der Waals surface area contributed by atoms with Crippen LogP contribution in [0.5, 0.6) is 0 Å². The SMILES string of the molecule is CCCn1c(SCC(C)(C#N)NC2CC2)n[nH]c1=O. The Hall–Kier alpha value is -1.26. The lowest BCUT2D eigenvalue weighted by atomic mass is 10.1. The minimum absolute atomic E-state index is 0.182. The fourth-order valence-electron chi connectivity index (χ4n) is 1.83. The summed E-state index contributed by atoms with van der Waals surface area (Å²) in [6, 6.07) is 2.80. The van der Waals surface area contributed by atoms with Crippen LogP contribution in [-0.2, 0) is 6.54 Å². The van der Waals surface area contributed by atoms with E-state index in [4.69, 9.17) is 0 Å². The Morgan fingerprint density at radius 3 is 3.00 bits per heavy atom. The normalized spacial score (nSPS) is 17.9. The lowest BCUT2D eigenvalue weighted by Crippen LogP contribution is -2.44. The molecule has 2 N–H and O–H groups in total. The molecule has 7 heteroatoms. The van der Waals surface area contributed by atoms with Gasteiger partial charge in [-0.05, 0) is 26.2 Å². The third-order valence-electron chi connectivity index (χ3n) is 3.01. The van der Waals surface area contributed by atoms with Gasteiger partial charge >= 0.3 is 5.69 Å². The van der Waals surface area contributed by atoms with Crippen LogP contribution in [0.2, 0.25) is 0 Å². The molecule has 1 aliphatic carbocycles. The van der Waals surface area contributed by atoms with Crippen LogP contribution >= 0.6 is 11.8 Å². The molecule has 6 nitrogen and oxygen atoms in total. The first kappa shape index (κ1) is 14.2. The van der Waals surface area contributed by atoms with Gasteiger partial charge in [0.2, 0.25) is 0 Å². The number of aromatic nitrogens is 3. The number of nitrogens with one attached hydrogen (secondary N) is 2. The summed E-state index contributed by atoms with van der Waals surface area (Å²) < 4.78 is 1.62. The van der Waals surface area contributed by atoms with Crippen LogP contribution in [0.3, 0.4) is 0 Å². The zero-order chi connectivity index (χ0) is 13.9. The minimum atomic E-state index is -0.572. The topological polar surface area (TPSA) is 86.5 Å². The Morgan fingerprint density at radius 2 is 2.42 bits per heavy atom. The number of nitrogens with zero attached hydrogens (tertiary/aromatic N) is 3. The zero-order valence-corrected chi connectivity index (χ0v) is 12.1. The fraction of sp³-hybridized carbons (Fsp3) is 0.750. The summed E-state index contributed by atoms with van der Waals surface area (Å²) in [5.41, 5.74) is -0.754. The minimum Gasteiger partial charge on any atom is -0.296 e. The van der Waals surface area contributed by atoms with Crippen LogP contribution in [-0.4, -0.2) is 32.1 Å². The first-order valence-corrected chi connectivity index (χ1v) is 7.53. The second-order valence-corrected chi connectivity index (χ2v) is 6.06. The second-order valence-electron chi connectivity index (χ2n) is 5.11. The molecule has 1 heterocycles. The lowest BCUT2D eigenvalue weighted by molar-refractivity contribution is 0.489. The van der Waals surface area contributed by atoms with Gasteiger partial charge in [-0.3, -0.25) is 9.88 Å². The number of hydrogen-bond donors (Lipinski definition) is 2. The first-order chi connectivity index (χ1) is 9.08. The average Bonchev–Trinajstić information content (AvgIpc) is 3.13. The van der Waals surface area contributed by atoms with Gasteiger partial charge in [-0.25, -0.2) is 9.89 Å². The van der Waals surface area contributed by atoms with Crippen molar-refractivity contribution >= 4 is 11.8 Å². The molecule has 1 aliphatic rings. The van der Waals surface area contributed by atoms with Crippen molar-refractivity contribution in [1.29, 1.82) is 5.26 Å². The molecule has 0 bridgehead atoms. The molecule has 1 saturated carbocycles. The van der Waals surface area contributed by atoms with Crippen molar-refractivity contribution < 1.29 is 0 Å². The van der Waals surface area contributed by atoms with Crippen LogP contribution in [0.1, 0.15) is 33.1 Å². The van der Waals surface area contributed by atoms with Crippen molar-refractivity contribution in [2.45, 2.75) is 56.4 Å². The van der Waals surface area contributed by atoms with Gasteiger partial charge in [0.05, 0.1) is 6.07 Å². The van der Waals surface area contributed by atoms with Crippen LogP contribution in [0, 0.1) is 11.3 Å². The number of rotatable bonds is 7. The molecule has 2 rings (SSSR count). The second kappa shape index (κ2) is 5.80. The summed E-state index contributed by atoms with van der Waals surface area (Å²) in [5.74, 6) is 0.577. The van der Waals surface area contributed by atoms with E-state index in [1.165, 1.54) is 11.8 Å². The molecule has 1 atom stereocenters. The van der Waals surface area contributed by atoms with E-state index >= 15 is 0 Å². The standard InChI is InChI=1S/C12H19N5OS/c1-3-6-17-10(18)15-16-11(17)19-8-12(2,7-13)14-9-4-5-9/h9,14H,3-6,8H2,1-2H3,(H,15,18). The van der Waals surface area contributed by atoms with Gasteiger partial charge in [0.1, 0.15) is 5.54 Å². The Balaban J connectivity index is 2.00. The zero-order valence-electron chi connectivity index (χ0n) is 11.3. The van der Waals surface area contributed by atoms with E-state index in [1.807, 2.05) is 13.8 Å². The van der Waals surface area contributed by atoms with Crippen molar-refractivity contribution in [2.24, 2.45) is 0 Å². The van der Waals surface area contributed by atoms with E-state index in [1.54, 1.807) is 4.57 Å². The van der Waals surface area contributed by atoms with Gasteiger partial charge < -0.3 is 0 Å². The summed E-state index contributed by atoms with van der Waals surface area (Å²) in [6.07, 6.45) is 3.17. The molecule has 0 saturated heterocycles. The Bertz CT molecular complexity index is 527. The van der Waals surface area contributed by atoms with Crippen molar-refractivity contribution in [1.82, 2.24) is 20.1 Å². The van der Waals surface area contributed by atoms with Crippen LogP contribution in [0.15, 0.2) is 9.95 Å². The van der Waals surface area contributed by atoms with E-state index in [0.29, 0.717) is 23.5 Å². The number of aromatic amines is 1. The van der Waals surface area contributed by atoms with Crippen LogP contribution < -0.4 is 11.0 Å². The van der Waals surface area contributed by atoms with Crippen molar-refractivity contribution in [3.63, 3.8) is 0 Å². The molecule has 0 aromatic carbocycles. The molecular formula is C12H19N5OS. The summed E-state index contributed by atoms with van der Waals surface area (Å²) in [4.78, 5) is 11.6. The molecule has 0 radical (unpaired) electrons. The average molecular weight is 281 g/mol. The molecule has 1 unspecified atom stereocenters. The third-order valence-corrected chi connectivity index (χ3v) is 4.30. The maximum atomic E-state index is 11.6. The molecule has 1 fully saturated rings. The number of H-pyrrole nitrogens is 1. The van der Waals surface area contributed by atoms with Gasteiger partial charge in [-0.2, -0.15) is 5.26 Å². The Labute approximate surface area is 116 Å². The predicted molar refractivity (Wildman–Crippen MR) is 74.0 cm³/mol. The van der Waals surface area contributed by atoms with Crippen molar-refractivity contribution in [2.75, 3.05) is 5.75 Å². The highest BCUT2D eigenvalue weighted by Gasteiger charge is 2.33. The van der Waals surface area contributed by atoms with Crippen molar-refractivity contribution in [3.8, 4) is 6.07 Å². The molecule has 104 valence electrons. The Morgan fingerprint density at radius 1 is 1.68 bits per heavy atom. The number of hydrogen-bond acceptors (Lipinski definition) is 5. The third kappa shape index (κ3) is 3.61. The molecular weight excluding hydrogens is 262 g/mol. The molecule has 1 aromatic heterocycles. The molecule has 0 amide bonds. The molecule has 1 aromatic rings. The molecule has 0 spiro atoms. The summed E-state index contributed by atoms with van der Waals surface area (Å²) >= 11 is 1.44. The van der Waals surface area contributed by atoms with Crippen LogP contribution in [0.4, 0.5) is 0 Å². The van der Waals surface area contributed by atoms with Gasteiger partial charge in [-0.1, -0.05) is 18.7 Å². The van der Waals surface area contributed by atoms with E-state index in [-0.39, 0.29) is 5.69 Å². The highest BCUT2D eigenvalue weighted by Crippen LogP contribution is 2.26. The summed E-state index contributed by atoms with van der Waals surface area (Å²) in [5, 5.41) is 19.8. The van der Waals surface area contributed by atoms with Gasteiger partial charge in [0, 0.05) is 18.3 Å². The van der Waals surface area contributed by atoms with Crippen molar-refractivity contribution in [3.05, 3.63) is 10.5 Å². The summed E-state index contributed by atoms with van der Waals surface area (Å²) in [7, 11) is 0. The van der Waals surface area contributed by atoms with Gasteiger partial charge in [0.25, 0.3) is 0 Å². The van der Waals surface area contributed by atoms with Gasteiger partial charge in [0.15, 0.2) is 5.16 Å². The fourth-order valence-corrected chi connectivity index (χ4v) is 2.83. The van der Waals surface area contributed by atoms with E-state index < -0.39 is 5.54 Å². The van der Waals surface area contributed by atoms with Crippen LogP contribution in [0.25, 0.3) is 0 Å². The maximum absolute atomic E-state index is 11.6. The summed E-state index contributed by atoms with van der Waals surface area (Å²) in [6.45, 7) is 4.56. The highest BCUT2D eigenvalue weighted by atomic mass is 32.2. The van der Waals surface area contributed by atoms with E-state index in [9.17, 15) is 10.1 Å². The predicted octanol–water partition coefficient (Wildman–Crippen LogP) is 1.11. The molecule has 19 heavy (non-hydrogen) atoms.